The molecule has 0 spiro atoms. The topological polar surface area (TPSA) is 91.9 Å². The fourth-order valence-corrected chi connectivity index (χ4v) is 5.51. The van der Waals surface area contributed by atoms with Gasteiger partial charge < -0.3 is 19.4 Å². The number of fused-ring (bicyclic) bond motifs is 2. The van der Waals surface area contributed by atoms with Crippen LogP contribution in [0.1, 0.15) is 19.4 Å². The lowest BCUT2D eigenvalue weighted by atomic mass is 10.1. The Morgan fingerprint density at radius 3 is 2.72 bits per heavy atom. The van der Waals surface area contributed by atoms with E-state index in [0.717, 1.165) is 17.6 Å². The SMILES string of the molecule is COc1cccc2cc(CN(C(C)C)S(=O)(=O)c3ccc4c(c3)OCCN4C)c(=O)[nH]c12. The maximum absolute atomic E-state index is 13.5. The Bertz CT molecular complexity index is 1320. The van der Waals surface area contributed by atoms with E-state index in [1.54, 1.807) is 44.2 Å². The van der Waals surface area contributed by atoms with Gasteiger partial charge in [0.2, 0.25) is 10.0 Å². The summed E-state index contributed by atoms with van der Waals surface area (Å²) in [6.07, 6.45) is 0. The summed E-state index contributed by atoms with van der Waals surface area (Å²) in [5.74, 6) is 1.10. The Morgan fingerprint density at radius 2 is 2.00 bits per heavy atom. The van der Waals surface area contributed by atoms with Crippen LogP contribution in [0.15, 0.2) is 52.2 Å². The molecule has 1 aromatic heterocycles. The summed E-state index contributed by atoms with van der Waals surface area (Å²) in [5, 5.41) is 0.769. The van der Waals surface area contributed by atoms with Crippen molar-refractivity contribution in [3.63, 3.8) is 0 Å². The van der Waals surface area contributed by atoms with Crippen molar-refractivity contribution >= 4 is 26.6 Å². The predicted molar refractivity (Wildman–Crippen MR) is 124 cm³/mol. The zero-order valence-electron chi connectivity index (χ0n) is 18.6. The minimum atomic E-state index is -3.87. The number of para-hydroxylation sites is 1. The minimum Gasteiger partial charge on any atom is -0.495 e. The lowest BCUT2D eigenvalue weighted by molar-refractivity contribution is 0.309. The number of rotatable bonds is 6. The molecule has 0 unspecified atom stereocenters. The summed E-state index contributed by atoms with van der Waals surface area (Å²) in [7, 11) is -0.398. The van der Waals surface area contributed by atoms with Crippen LogP contribution in [0.5, 0.6) is 11.5 Å². The van der Waals surface area contributed by atoms with Crippen LogP contribution in [0.4, 0.5) is 5.69 Å². The zero-order chi connectivity index (χ0) is 23.0. The average Bonchev–Trinajstić information content (AvgIpc) is 2.76. The molecule has 0 radical (unpaired) electrons. The van der Waals surface area contributed by atoms with Gasteiger partial charge in [-0.25, -0.2) is 8.42 Å². The number of sulfonamides is 1. The highest BCUT2D eigenvalue weighted by atomic mass is 32.2. The molecule has 1 N–H and O–H groups in total. The van der Waals surface area contributed by atoms with Crippen LogP contribution in [-0.4, -0.2) is 51.1 Å². The van der Waals surface area contributed by atoms with Crippen LogP contribution >= 0.6 is 0 Å². The number of pyridine rings is 1. The predicted octanol–water partition coefficient (Wildman–Crippen LogP) is 2.96. The summed E-state index contributed by atoms with van der Waals surface area (Å²) < 4.78 is 39.4. The van der Waals surface area contributed by atoms with Crippen LogP contribution in [0, 0.1) is 0 Å². The normalized spacial score (nSPS) is 14.0. The molecule has 0 saturated heterocycles. The van der Waals surface area contributed by atoms with Crippen molar-refractivity contribution in [1.82, 2.24) is 9.29 Å². The first-order valence-corrected chi connectivity index (χ1v) is 11.8. The third-order valence-electron chi connectivity index (χ3n) is 5.67. The second-order valence-corrected chi connectivity index (χ2v) is 9.98. The van der Waals surface area contributed by atoms with E-state index in [0.29, 0.717) is 29.2 Å². The molecule has 2 heterocycles. The molecule has 0 bridgehead atoms. The number of anilines is 1. The van der Waals surface area contributed by atoms with Gasteiger partial charge in [-0.3, -0.25) is 4.79 Å². The summed E-state index contributed by atoms with van der Waals surface area (Å²) in [4.78, 5) is 17.8. The first kappa shape index (κ1) is 22.2. The number of aromatic amines is 1. The Kier molecular flexibility index (Phi) is 5.87. The molecule has 0 fully saturated rings. The van der Waals surface area contributed by atoms with Gasteiger partial charge in [0.25, 0.3) is 5.56 Å². The highest BCUT2D eigenvalue weighted by Gasteiger charge is 2.30. The quantitative estimate of drug-likeness (QED) is 0.612. The van der Waals surface area contributed by atoms with Crippen LogP contribution in [0.3, 0.4) is 0 Å². The number of hydrogen-bond donors (Lipinski definition) is 1. The number of ether oxygens (including phenoxy) is 2. The number of hydrogen-bond acceptors (Lipinski definition) is 6. The van der Waals surface area contributed by atoms with Gasteiger partial charge in [-0.1, -0.05) is 12.1 Å². The van der Waals surface area contributed by atoms with Gasteiger partial charge in [-0.2, -0.15) is 4.31 Å². The van der Waals surface area contributed by atoms with E-state index in [4.69, 9.17) is 9.47 Å². The number of benzene rings is 2. The van der Waals surface area contributed by atoms with E-state index in [9.17, 15) is 13.2 Å². The van der Waals surface area contributed by atoms with Crippen molar-refractivity contribution in [1.29, 1.82) is 0 Å². The second kappa shape index (κ2) is 8.48. The number of nitrogens with one attached hydrogen (secondary N) is 1. The van der Waals surface area contributed by atoms with Crippen LogP contribution in [-0.2, 0) is 16.6 Å². The van der Waals surface area contributed by atoms with Crippen molar-refractivity contribution in [3.05, 3.63) is 58.4 Å². The van der Waals surface area contributed by atoms with Gasteiger partial charge in [-0.15, -0.1) is 0 Å². The van der Waals surface area contributed by atoms with Crippen molar-refractivity contribution in [2.24, 2.45) is 0 Å². The lowest BCUT2D eigenvalue weighted by Gasteiger charge is -2.29. The fraction of sp³-hybridized carbons (Fsp3) is 0.348. The fourth-order valence-electron chi connectivity index (χ4n) is 3.88. The number of H-pyrrole nitrogens is 1. The zero-order valence-corrected chi connectivity index (χ0v) is 19.4. The first-order valence-electron chi connectivity index (χ1n) is 10.4. The van der Waals surface area contributed by atoms with E-state index in [-0.39, 0.29) is 23.0 Å². The van der Waals surface area contributed by atoms with Gasteiger partial charge in [-0.05, 0) is 38.1 Å². The number of nitrogens with zero attached hydrogens (tertiary/aromatic N) is 2. The highest BCUT2D eigenvalue weighted by Crippen LogP contribution is 2.34. The van der Waals surface area contributed by atoms with Gasteiger partial charge in [0, 0.05) is 36.7 Å². The van der Waals surface area contributed by atoms with E-state index < -0.39 is 10.0 Å². The summed E-state index contributed by atoms with van der Waals surface area (Å²) in [6, 6.07) is 11.7. The first-order chi connectivity index (χ1) is 15.2. The standard InChI is InChI=1S/C23H27N3O5S/c1-15(2)26(14-17-12-16-6-5-7-20(30-4)22(16)24-23(17)27)32(28,29)18-8-9-19-21(13-18)31-11-10-25(19)3/h5-9,12-13,15H,10-11,14H2,1-4H3,(H,24,27). The van der Waals surface area contributed by atoms with Crippen molar-refractivity contribution in [3.8, 4) is 11.5 Å². The van der Waals surface area contributed by atoms with Crippen LogP contribution in [0.2, 0.25) is 0 Å². The van der Waals surface area contributed by atoms with Crippen molar-refractivity contribution < 1.29 is 17.9 Å². The Hall–Kier alpha value is -3.04. The maximum atomic E-state index is 13.5. The van der Waals surface area contributed by atoms with Gasteiger partial charge >= 0.3 is 0 Å². The molecule has 32 heavy (non-hydrogen) atoms. The maximum Gasteiger partial charge on any atom is 0.253 e. The molecule has 9 heteroatoms. The van der Waals surface area contributed by atoms with Crippen LogP contribution < -0.4 is 19.9 Å². The number of likely N-dealkylation sites (N-methyl/N-ethyl adjacent to an activating group) is 1. The third-order valence-corrected chi connectivity index (χ3v) is 7.69. The summed E-state index contributed by atoms with van der Waals surface area (Å²) >= 11 is 0. The molecule has 0 atom stereocenters. The third kappa shape index (κ3) is 3.93. The Morgan fingerprint density at radius 1 is 1.22 bits per heavy atom. The molecule has 0 aliphatic carbocycles. The van der Waals surface area contributed by atoms with E-state index in [1.807, 2.05) is 24.1 Å². The molecular weight excluding hydrogens is 430 g/mol. The largest absolute Gasteiger partial charge is 0.495 e. The molecular formula is C23H27N3O5S. The summed E-state index contributed by atoms with van der Waals surface area (Å²) in [5.41, 5.74) is 1.44. The van der Waals surface area contributed by atoms with Crippen LogP contribution in [0.25, 0.3) is 10.9 Å². The Balaban J connectivity index is 1.73. The molecule has 2 aromatic carbocycles. The smallest absolute Gasteiger partial charge is 0.253 e. The van der Waals surface area contributed by atoms with Crippen molar-refractivity contribution in [2.75, 3.05) is 32.2 Å². The second-order valence-electron chi connectivity index (χ2n) is 8.09. The van der Waals surface area contributed by atoms with E-state index >= 15 is 0 Å². The lowest BCUT2D eigenvalue weighted by Crippen LogP contribution is -2.38. The molecule has 170 valence electrons. The molecule has 8 nitrogen and oxygen atoms in total. The van der Waals surface area contributed by atoms with Gasteiger partial charge in [0.15, 0.2) is 0 Å². The molecule has 0 saturated carbocycles. The molecule has 3 aromatic rings. The van der Waals surface area contributed by atoms with E-state index in [1.165, 1.54) is 11.4 Å². The number of aromatic nitrogens is 1. The van der Waals surface area contributed by atoms with Crippen molar-refractivity contribution in [2.45, 2.75) is 31.3 Å². The average molecular weight is 458 g/mol. The monoisotopic (exact) mass is 457 g/mol. The minimum absolute atomic E-state index is 0.0552. The summed E-state index contributed by atoms with van der Waals surface area (Å²) in [6.45, 7) is 4.76. The molecule has 0 amide bonds. The molecule has 1 aliphatic rings. The Labute approximate surface area is 187 Å². The molecule has 4 rings (SSSR count). The molecule has 1 aliphatic heterocycles. The van der Waals surface area contributed by atoms with Gasteiger partial charge in [0.1, 0.15) is 18.1 Å². The highest BCUT2D eigenvalue weighted by molar-refractivity contribution is 7.89. The van der Waals surface area contributed by atoms with E-state index in [2.05, 4.69) is 4.98 Å². The van der Waals surface area contributed by atoms with Gasteiger partial charge in [0.05, 0.1) is 29.8 Å². The number of methoxy groups -OCH3 is 1.